The van der Waals surface area contributed by atoms with Crippen molar-refractivity contribution in [1.29, 1.82) is 0 Å². The fourth-order valence-electron chi connectivity index (χ4n) is 2.12. The van der Waals surface area contributed by atoms with Crippen LogP contribution < -0.4 is 10.2 Å². The third-order valence-corrected chi connectivity index (χ3v) is 3.37. The summed E-state index contributed by atoms with van der Waals surface area (Å²) >= 11 is 0. The third-order valence-electron chi connectivity index (χ3n) is 3.37. The summed E-state index contributed by atoms with van der Waals surface area (Å²) in [6, 6.07) is 0.430. The summed E-state index contributed by atoms with van der Waals surface area (Å²) in [5, 5.41) is 3.37. The number of anilines is 1. The van der Waals surface area contributed by atoms with E-state index in [9.17, 15) is 0 Å². The lowest BCUT2D eigenvalue weighted by atomic mass is 10.2. The Kier molecular flexibility index (Phi) is 5.10. The zero-order valence-corrected chi connectivity index (χ0v) is 12.1. The van der Waals surface area contributed by atoms with Gasteiger partial charge in [0.05, 0.1) is 30.7 Å². The van der Waals surface area contributed by atoms with Gasteiger partial charge in [-0.3, -0.25) is 4.98 Å². The van der Waals surface area contributed by atoms with Crippen molar-refractivity contribution in [2.75, 3.05) is 31.7 Å². The van der Waals surface area contributed by atoms with Crippen LogP contribution >= 0.6 is 0 Å². The van der Waals surface area contributed by atoms with Crippen LogP contribution in [0.2, 0.25) is 0 Å². The molecule has 0 amide bonds. The molecule has 1 aliphatic heterocycles. The lowest BCUT2D eigenvalue weighted by Crippen LogP contribution is -2.32. The Hall–Kier alpha value is -1.20. The van der Waals surface area contributed by atoms with Crippen molar-refractivity contribution in [3.8, 4) is 0 Å². The molecule has 5 heteroatoms. The highest BCUT2D eigenvalue weighted by molar-refractivity contribution is 5.36. The molecule has 1 N–H and O–H groups in total. The van der Waals surface area contributed by atoms with E-state index in [4.69, 9.17) is 4.74 Å². The van der Waals surface area contributed by atoms with E-state index in [0.717, 1.165) is 44.2 Å². The number of aromatic nitrogens is 2. The van der Waals surface area contributed by atoms with Gasteiger partial charge in [-0.05, 0) is 18.9 Å². The predicted octanol–water partition coefficient (Wildman–Crippen LogP) is 1.45. The van der Waals surface area contributed by atoms with E-state index in [1.165, 1.54) is 0 Å². The number of hydrogen-bond donors (Lipinski definition) is 1. The molecule has 0 saturated carbocycles. The number of nitrogens with zero attached hydrogens (tertiary/aromatic N) is 3. The van der Waals surface area contributed by atoms with Crippen molar-refractivity contribution in [3.05, 3.63) is 18.1 Å². The Balaban J connectivity index is 1.86. The van der Waals surface area contributed by atoms with Gasteiger partial charge in [-0.1, -0.05) is 13.8 Å². The van der Waals surface area contributed by atoms with Crippen LogP contribution in [0.3, 0.4) is 0 Å². The summed E-state index contributed by atoms with van der Waals surface area (Å²) < 4.78 is 5.40. The van der Waals surface area contributed by atoms with E-state index in [1.807, 2.05) is 12.4 Å². The first-order valence-electron chi connectivity index (χ1n) is 6.99. The highest BCUT2D eigenvalue weighted by Crippen LogP contribution is 2.16. The van der Waals surface area contributed by atoms with E-state index in [1.54, 1.807) is 0 Å². The first-order chi connectivity index (χ1) is 9.16. The molecule has 0 spiro atoms. The Morgan fingerprint density at radius 2 is 2.26 bits per heavy atom. The quantitative estimate of drug-likeness (QED) is 0.842. The fraction of sp³-hybridized carbons (Fsp3) is 0.714. The number of ether oxygens (including phenoxy) is 1. The largest absolute Gasteiger partial charge is 0.379 e. The van der Waals surface area contributed by atoms with Gasteiger partial charge in [0.15, 0.2) is 0 Å². The first-order valence-corrected chi connectivity index (χ1v) is 6.99. The lowest BCUT2D eigenvalue weighted by Gasteiger charge is -2.23. The van der Waals surface area contributed by atoms with Crippen LogP contribution in [0, 0.1) is 5.92 Å². The van der Waals surface area contributed by atoms with Gasteiger partial charge >= 0.3 is 0 Å². The van der Waals surface area contributed by atoms with Crippen molar-refractivity contribution in [3.63, 3.8) is 0 Å². The van der Waals surface area contributed by atoms with Crippen molar-refractivity contribution in [1.82, 2.24) is 15.3 Å². The standard InChI is InChI=1S/C14H24N4O/c1-11(2)6-15-7-12-8-17-14(9-16-12)18(3)13-4-5-19-10-13/h8-9,11,13,15H,4-7,10H2,1-3H3. The zero-order chi connectivity index (χ0) is 13.7. The van der Waals surface area contributed by atoms with Crippen LogP contribution in [0.25, 0.3) is 0 Å². The summed E-state index contributed by atoms with van der Waals surface area (Å²) in [6.45, 7) is 7.81. The second-order valence-electron chi connectivity index (χ2n) is 5.52. The maximum atomic E-state index is 5.40. The Labute approximate surface area is 115 Å². The summed E-state index contributed by atoms with van der Waals surface area (Å²) in [7, 11) is 2.06. The number of likely N-dealkylation sites (N-methyl/N-ethyl adjacent to an activating group) is 1. The van der Waals surface area contributed by atoms with Gasteiger partial charge in [0.2, 0.25) is 0 Å². The summed E-state index contributed by atoms with van der Waals surface area (Å²) in [5.41, 5.74) is 0.987. The molecule has 0 radical (unpaired) electrons. The molecular weight excluding hydrogens is 240 g/mol. The van der Waals surface area contributed by atoms with Crippen LogP contribution in [0.1, 0.15) is 26.0 Å². The van der Waals surface area contributed by atoms with Gasteiger partial charge in [0, 0.05) is 20.2 Å². The molecule has 0 aliphatic carbocycles. The maximum absolute atomic E-state index is 5.40. The lowest BCUT2D eigenvalue weighted by molar-refractivity contribution is 0.193. The Bertz CT molecular complexity index is 374. The summed E-state index contributed by atoms with van der Waals surface area (Å²) in [6.07, 6.45) is 4.77. The van der Waals surface area contributed by atoms with Gasteiger partial charge in [-0.25, -0.2) is 4.98 Å². The van der Waals surface area contributed by atoms with Gasteiger partial charge in [0.25, 0.3) is 0 Å². The van der Waals surface area contributed by atoms with E-state index < -0.39 is 0 Å². The van der Waals surface area contributed by atoms with Crippen LogP contribution in [0.5, 0.6) is 0 Å². The molecule has 1 aromatic heterocycles. The fourth-order valence-corrected chi connectivity index (χ4v) is 2.12. The van der Waals surface area contributed by atoms with Crippen molar-refractivity contribution >= 4 is 5.82 Å². The number of hydrogen-bond acceptors (Lipinski definition) is 5. The average molecular weight is 264 g/mol. The molecule has 1 aliphatic rings. The minimum atomic E-state index is 0.430. The van der Waals surface area contributed by atoms with Gasteiger partial charge in [-0.2, -0.15) is 0 Å². The van der Waals surface area contributed by atoms with Crippen LogP contribution in [-0.4, -0.2) is 42.8 Å². The molecule has 0 bridgehead atoms. The second kappa shape index (κ2) is 6.82. The summed E-state index contributed by atoms with van der Waals surface area (Å²) in [5.74, 6) is 1.57. The normalized spacial score (nSPS) is 19.1. The molecule has 1 atom stereocenters. The van der Waals surface area contributed by atoms with Gasteiger partial charge < -0.3 is 15.0 Å². The molecule has 5 nitrogen and oxygen atoms in total. The van der Waals surface area contributed by atoms with Gasteiger partial charge in [-0.15, -0.1) is 0 Å². The molecule has 1 fully saturated rings. The highest BCUT2D eigenvalue weighted by Gasteiger charge is 2.21. The highest BCUT2D eigenvalue weighted by atomic mass is 16.5. The van der Waals surface area contributed by atoms with E-state index in [-0.39, 0.29) is 0 Å². The van der Waals surface area contributed by atoms with Gasteiger partial charge in [0.1, 0.15) is 5.82 Å². The van der Waals surface area contributed by atoms with E-state index in [2.05, 4.69) is 41.1 Å². The van der Waals surface area contributed by atoms with E-state index >= 15 is 0 Å². The number of nitrogens with one attached hydrogen (secondary N) is 1. The van der Waals surface area contributed by atoms with Crippen molar-refractivity contribution in [2.45, 2.75) is 32.9 Å². The smallest absolute Gasteiger partial charge is 0.147 e. The summed E-state index contributed by atoms with van der Waals surface area (Å²) in [4.78, 5) is 11.1. The topological polar surface area (TPSA) is 50.3 Å². The molecule has 1 aromatic rings. The number of rotatable bonds is 6. The van der Waals surface area contributed by atoms with E-state index in [0.29, 0.717) is 12.0 Å². The third kappa shape index (κ3) is 4.14. The van der Waals surface area contributed by atoms with Crippen molar-refractivity contribution < 1.29 is 4.74 Å². The molecular formula is C14H24N4O. The molecule has 106 valence electrons. The maximum Gasteiger partial charge on any atom is 0.147 e. The zero-order valence-electron chi connectivity index (χ0n) is 12.1. The predicted molar refractivity (Wildman–Crippen MR) is 76.2 cm³/mol. The Morgan fingerprint density at radius 3 is 2.84 bits per heavy atom. The first kappa shape index (κ1) is 14.2. The minimum Gasteiger partial charge on any atom is -0.379 e. The molecule has 1 unspecified atom stereocenters. The second-order valence-corrected chi connectivity index (χ2v) is 5.52. The average Bonchev–Trinajstić information content (AvgIpc) is 2.92. The van der Waals surface area contributed by atoms with Crippen LogP contribution in [0.4, 0.5) is 5.82 Å². The monoisotopic (exact) mass is 264 g/mol. The van der Waals surface area contributed by atoms with Crippen LogP contribution in [-0.2, 0) is 11.3 Å². The van der Waals surface area contributed by atoms with Crippen LogP contribution in [0.15, 0.2) is 12.4 Å². The minimum absolute atomic E-state index is 0.430. The molecule has 0 aromatic carbocycles. The van der Waals surface area contributed by atoms with Crippen molar-refractivity contribution in [2.24, 2.45) is 5.92 Å². The molecule has 19 heavy (non-hydrogen) atoms. The molecule has 2 rings (SSSR count). The SMILES string of the molecule is CC(C)CNCc1cnc(N(C)C2CCOC2)cn1. The Morgan fingerprint density at radius 1 is 1.42 bits per heavy atom. The molecule has 1 saturated heterocycles. The molecule has 2 heterocycles.